The highest BCUT2D eigenvalue weighted by molar-refractivity contribution is 7.22. The van der Waals surface area contributed by atoms with Gasteiger partial charge in [0.1, 0.15) is 6.26 Å². The van der Waals surface area contributed by atoms with E-state index < -0.39 is 11.8 Å². The molecular formula is C16H10N4O4S. The van der Waals surface area contributed by atoms with Crippen LogP contribution in [0.3, 0.4) is 0 Å². The Bertz CT molecular complexity index is 1020. The van der Waals surface area contributed by atoms with Crippen LogP contribution in [-0.4, -0.2) is 21.8 Å². The van der Waals surface area contributed by atoms with Crippen molar-refractivity contribution >= 4 is 44.5 Å². The van der Waals surface area contributed by atoms with Crippen molar-refractivity contribution in [1.29, 1.82) is 0 Å². The lowest BCUT2D eigenvalue weighted by atomic mass is 10.3. The van der Waals surface area contributed by atoms with Gasteiger partial charge in [-0.3, -0.25) is 20.2 Å². The summed E-state index contributed by atoms with van der Waals surface area (Å²) in [6.45, 7) is 0. The van der Waals surface area contributed by atoms with Crippen LogP contribution in [0, 0.1) is 0 Å². The lowest BCUT2D eigenvalue weighted by molar-refractivity contribution is 0.0990. The fourth-order valence-electron chi connectivity index (χ4n) is 2.09. The molecule has 3 aromatic heterocycles. The van der Waals surface area contributed by atoms with Crippen LogP contribution in [0.15, 0.2) is 57.8 Å². The smallest absolute Gasteiger partial charge is 0.302 e. The Labute approximate surface area is 144 Å². The van der Waals surface area contributed by atoms with Gasteiger partial charge in [0, 0.05) is 0 Å². The van der Waals surface area contributed by atoms with E-state index in [9.17, 15) is 9.59 Å². The van der Waals surface area contributed by atoms with E-state index in [2.05, 4.69) is 20.6 Å². The molecule has 3 heterocycles. The van der Waals surface area contributed by atoms with Gasteiger partial charge in [-0.2, -0.15) is 4.98 Å². The first-order valence-corrected chi connectivity index (χ1v) is 7.98. The number of carbonyl (C=O) groups excluding carboxylic acids is 2. The number of hydrogen-bond acceptors (Lipinski definition) is 7. The van der Waals surface area contributed by atoms with E-state index in [0.717, 1.165) is 16.5 Å². The molecule has 0 fully saturated rings. The lowest BCUT2D eigenvalue weighted by Crippen LogP contribution is -2.14. The zero-order valence-electron chi connectivity index (χ0n) is 12.6. The van der Waals surface area contributed by atoms with Gasteiger partial charge in [0.25, 0.3) is 11.8 Å². The standard InChI is InChI=1S/C16H10N4O4S/c21-13(20-16-18-9-4-1-2-6-12(9)25-16)10-8-24-15(17-10)19-14(22)11-5-3-7-23-11/h1-8H,(H,17,19,22)(H,18,20,21). The molecule has 124 valence electrons. The average molecular weight is 354 g/mol. The van der Waals surface area contributed by atoms with Crippen molar-refractivity contribution in [3.63, 3.8) is 0 Å². The van der Waals surface area contributed by atoms with Crippen LogP contribution in [0.5, 0.6) is 0 Å². The van der Waals surface area contributed by atoms with Crippen molar-refractivity contribution in [1.82, 2.24) is 9.97 Å². The molecule has 0 aliphatic carbocycles. The van der Waals surface area contributed by atoms with Crippen LogP contribution in [0.4, 0.5) is 11.1 Å². The monoisotopic (exact) mass is 354 g/mol. The number of thiazole rings is 1. The SMILES string of the molecule is O=C(Nc1nc2ccccc2s1)c1coc(NC(=O)c2ccco2)n1. The van der Waals surface area contributed by atoms with Crippen molar-refractivity contribution in [2.45, 2.75) is 0 Å². The second-order valence-corrected chi connectivity index (χ2v) is 5.94. The molecule has 0 unspecified atom stereocenters. The summed E-state index contributed by atoms with van der Waals surface area (Å²) in [6.07, 6.45) is 2.53. The summed E-state index contributed by atoms with van der Waals surface area (Å²) in [5, 5.41) is 5.51. The van der Waals surface area contributed by atoms with E-state index in [-0.39, 0.29) is 17.5 Å². The number of para-hydroxylation sites is 1. The number of benzene rings is 1. The Balaban J connectivity index is 1.45. The van der Waals surface area contributed by atoms with Crippen LogP contribution in [0.2, 0.25) is 0 Å². The van der Waals surface area contributed by atoms with Gasteiger partial charge in [0.15, 0.2) is 16.6 Å². The molecule has 4 aromatic rings. The van der Waals surface area contributed by atoms with Gasteiger partial charge in [-0.25, -0.2) is 4.98 Å². The molecule has 25 heavy (non-hydrogen) atoms. The summed E-state index contributed by atoms with van der Waals surface area (Å²) in [5.41, 5.74) is 0.823. The average Bonchev–Trinajstić information content (AvgIpc) is 3.34. The minimum Gasteiger partial charge on any atom is -0.459 e. The molecule has 0 radical (unpaired) electrons. The van der Waals surface area contributed by atoms with Gasteiger partial charge in [-0.1, -0.05) is 23.5 Å². The number of fused-ring (bicyclic) bond motifs is 1. The zero-order chi connectivity index (χ0) is 17.2. The van der Waals surface area contributed by atoms with Crippen LogP contribution >= 0.6 is 11.3 Å². The van der Waals surface area contributed by atoms with Crippen LogP contribution in [-0.2, 0) is 0 Å². The van der Waals surface area contributed by atoms with E-state index >= 15 is 0 Å². The van der Waals surface area contributed by atoms with E-state index in [0.29, 0.717) is 5.13 Å². The Morgan fingerprint density at radius 1 is 0.960 bits per heavy atom. The van der Waals surface area contributed by atoms with Crippen molar-refractivity contribution in [3.05, 3.63) is 60.4 Å². The molecule has 0 bridgehead atoms. The molecule has 2 N–H and O–H groups in total. The van der Waals surface area contributed by atoms with E-state index in [1.165, 1.54) is 23.7 Å². The first-order chi connectivity index (χ1) is 12.2. The van der Waals surface area contributed by atoms with Gasteiger partial charge in [-0.15, -0.1) is 0 Å². The molecule has 8 nitrogen and oxygen atoms in total. The highest BCUT2D eigenvalue weighted by Gasteiger charge is 2.17. The number of amides is 2. The number of aromatic nitrogens is 2. The number of anilines is 2. The molecule has 9 heteroatoms. The van der Waals surface area contributed by atoms with Gasteiger partial charge in [0.2, 0.25) is 0 Å². The van der Waals surface area contributed by atoms with E-state index in [1.54, 1.807) is 6.07 Å². The number of nitrogens with zero attached hydrogens (tertiary/aromatic N) is 2. The highest BCUT2D eigenvalue weighted by atomic mass is 32.1. The summed E-state index contributed by atoms with van der Waals surface area (Å²) in [4.78, 5) is 32.3. The maximum atomic E-state index is 12.2. The number of rotatable bonds is 4. The van der Waals surface area contributed by atoms with E-state index in [4.69, 9.17) is 8.83 Å². The lowest BCUT2D eigenvalue weighted by Gasteiger charge is -1.97. The molecule has 4 rings (SSSR count). The van der Waals surface area contributed by atoms with E-state index in [1.807, 2.05) is 24.3 Å². The van der Waals surface area contributed by atoms with Gasteiger partial charge >= 0.3 is 6.01 Å². The third-order valence-corrected chi connectivity index (χ3v) is 4.17. The molecule has 0 aliphatic heterocycles. The van der Waals surface area contributed by atoms with Crippen molar-refractivity contribution in [2.75, 3.05) is 10.6 Å². The topological polar surface area (TPSA) is 110 Å². The summed E-state index contributed by atoms with van der Waals surface area (Å²) in [5.74, 6) is -0.898. The fraction of sp³-hybridized carbons (Fsp3) is 0. The highest BCUT2D eigenvalue weighted by Crippen LogP contribution is 2.25. The number of oxazole rings is 1. The van der Waals surface area contributed by atoms with Crippen LogP contribution in [0.1, 0.15) is 21.0 Å². The van der Waals surface area contributed by atoms with Crippen molar-refractivity contribution in [2.24, 2.45) is 0 Å². The summed E-state index contributed by atoms with van der Waals surface area (Å²) >= 11 is 1.35. The normalized spacial score (nSPS) is 10.7. The van der Waals surface area contributed by atoms with Gasteiger partial charge < -0.3 is 8.83 Å². The van der Waals surface area contributed by atoms with Crippen LogP contribution < -0.4 is 10.6 Å². The Kier molecular flexibility index (Phi) is 3.75. The Hall–Kier alpha value is -3.46. The van der Waals surface area contributed by atoms with Gasteiger partial charge in [0.05, 0.1) is 16.5 Å². The van der Waals surface area contributed by atoms with Crippen LogP contribution in [0.25, 0.3) is 10.2 Å². The number of carbonyl (C=O) groups is 2. The molecular weight excluding hydrogens is 344 g/mol. The molecule has 0 spiro atoms. The predicted molar refractivity (Wildman–Crippen MR) is 90.7 cm³/mol. The number of nitrogens with one attached hydrogen (secondary N) is 2. The summed E-state index contributed by atoms with van der Waals surface area (Å²) in [6, 6.07) is 10.5. The number of hydrogen-bond donors (Lipinski definition) is 2. The molecule has 0 atom stereocenters. The quantitative estimate of drug-likeness (QED) is 0.581. The summed E-state index contributed by atoms with van der Waals surface area (Å²) < 4.78 is 11.0. The van der Waals surface area contributed by atoms with Crippen molar-refractivity contribution in [3.8, 4) is 0 Å². The predicted octanol–water partition coefficient (Wildman–Crippen LogP) is 3.38. The first-order valence-electron chi connectivity index (χ1n) is 7.16. The molecule has 1 aromatic carbocycles. The molecule has 0 saturated carbocycles. The largest absolute Gasteiger partial charge is 0.459 e. The maximum Gasteiger partial charge on any atom is 0.302 e. The maximum absolute atomic E-state index is 12.2. The Morgan fingerprint density at radius 2 is 1.84 bits per heavy atom. The third kappa shape index (κ3) is 3.12. The minimum absolute atomic E-state index is 0.0222. The van der Waals surface area contributed by atoms with Crippen molar-refractivity contribution < 1.29 is 18.4 Å². The third-order valence-electron chi connectivity index (χ3n) is 3.22. The van der Waals surface area contributed by atoms with Gasteiger partial charge in [-0.05, 0) is 24.3 Å². The second-order valence-electron chi connectivity index (χ2n) is 4.91. The minimum atomic E-state index is -0.523. The molecule has 2 amide bonds. The Morgan fingerprint density at radius 3 is 2.64 bits per heavy atom. The summed E-state index contributed by atoms with van der Waals surface area (Å²) in [7, 11) is 0. The molecule has 0 saturated heterocycles. The fourth-order valence-corrected chi connectivity index (χ4v) is 2.95. The first kappa shape index (κ1) is 15.1. The molecule has 0 aliphatic rings. The number of furan rings is 1. The zero-order valence-corrected chi connectivity index (χ0v) is 13.4. The second kappa shape index (κ2) is 6.21.